The molecule has 1 unspecified atom stereocenters. The van der Waals surface area contributed by atoms with E-state index < -0.39 is 0 Å². The van der Waals surface area contributed by atoms with Crippen LogP contribution in [0.15, 0.2) is 65.6 Å². The monoisotopic (exact) mass is 516 g/mol. The summed E-state index contributed by atoms with van der Waals surface area (Å²) in [5.41, 5.74) is 8.61. The Morgan fingerprint density at radius 3 is 2.58 bits per heavy atom. The minimum absolute atomic E-state index is 0.00678. The van der Waals surface area contributed by atoms with Gasteiger partial charge in [0.15, 0.2) is 17.3 Å². The maximum absolute atomic E-state index is 13.0. The molecule has 0 radical (unpaired) electrons. The molecule has 0 aliphatic heterocycles. The number of rotatable bonds is 12. The summed E-state index contributed by atoms with van der Waals surface area (Å²) in [6.45, 7) is 5.11. The number of hydrogen-bond acceptors (Lipinski definition) is 7. The van der Waals surface area contributed by atoms with Crippen LogP contribution >= 0.6 is 0 Å². The van der Waals surface area contributed by atoms with Crippen molar-refractivity contribution in [2.24, 2.45) is 5.73 Å². The number of nitrogen functional groups attached to an aromatic ring is 1. The van der Waals surface area contributed by atoms with Crippen molar-refractivity contribution in [2.75, 3.05) is 26.9 Å². The highest BCUT2D eigenvalue weighted by atomic mass is 16.5. The Bertz CT molecular complexity index is 1440. The highest BCUT2D eigenvalue weighted by molar-refractivity contribution is 5.94. The van der Waals surface area contributed by atoms with E-state index in [0.717, 1.165) is 16.7 Å². The van der Waals surface area contributed by atoms with Gasteiger partial charge in [-0.25, -0.2) is 9.78 Å². The Balaban J connectivity index is 1.77. The summed E-state index contributed by atoms with van der Waals surface area (Å²) in [6.07, 6.45) is 2.16. The number of aromatic nitrogens is 4. The van der Waals surface area contributed by atoms with E-state index in [4.69, 9.17) is 25.4 Å². The van der Waals surface area contributed by atoms with Crippen LogP contribution in [0.3, 0.4) is 0 Å². The smallest absolute Gasteiger partial charge is 0.349 e. The highest BCUT2D eigenvalue weighted by Gasteiger charge is 2.23. The fourth-order valence-electron chi connectivity index (χ4n) is 4.13. The first-order valence-electron chi connectivity index (χ1n) is 12.3. The van der Waals surface area contributed by atoms with Gasteiger partial charge in [0, 0.05) is 24.8 Å². The number of aryl methyl sites for hydroxylation is 1. The van der Waals surface area contributed by atoms with Crippen molar-refractivity contribution in [3.05, 3.63) is 99.4 Å². The molecule has 2 aromatic carbocycles. The molecule has 0 aliphatic rings. The number of hydrogen-bond donors (Lipinski definition) is 3. The number of amidine groups is 1. The first-order chi connectivity index (χ1) is 18.4. The van der Waals surface area contributed by atoms with Crippen LogP contribution in [0.1, 0.15) is 40.9 Å². The third-order valence-electron chi connectivity index (χ3n) is 6.07. The summed E-state index contributed by atoms with van der Waals surface area (Å²) in [7, 11) is 1.62. The summed E-state index contributed by atoms with van der Waals surface area (Å²) in [5, 5.41) is 12.3. The van der Waals surface area contributed by atoms with Crippen LogP contribution in [-0.2, 0) is 11.2 Å². The lowest BCUT2D eigenvalue weighted by Gasteiger charge is -2.18. The van der Waals surface area contributed by atoms with Crippen LogP contribution in [0.2, 0.25) is 0 Å². The molecule has 2 aromatic heterocycles. The number of nitrogens with two attached hydrogens (primary N) is 1. The lowest BCUT2D eigenvalue weighted by Crippen LogP contribution is -2.18. The molecule has 0 bridgehead atoms. The standard InChI is InChI=1S/C28H32N6O4/c1-4-37-24-17-21(11-12-23(24)38-15-14-36-3)22(16-19-7-9-20(10-8-19)25(29)30)26-32-28(35)34(33-26)27-18(2)6-5-13-31-27/h5-13,17,22H,4,14-16H2,1-3H3,(H3,29,30)(H,32,33,35). The number of aromatic amines is 1. The summed E-state index contributed by atoms with van der Waals surface area (Å²) >= 11 is 0. The zero-order valence-electron chi connectivity index (χ0n) is 21.7. The van der Waals surface area contributed by atoms with Crippen molar-refractivity contribution in [2.45, 2.75) is 26.2 Å². The third kappa shape index (κ3) is 6.09. The van der Waals surface area contributed by atoms with Crippen molar-refractivity contribution in [3.63, 3.8) is 0 Å². The van der Waals surface area contributed by atoms with Crippen molar-refractivity contribution in [1.82, 2.24) is 19.7 Å². The minimum Gasteiger partial charge on any atom is -0.490 e. The number of methoxy groups -OCH3 is 1. The second kappa shape index (κ2) is 12.2. The molecule has 0 amide bonds. The molecule has 2 heterocycles. The minimum atomic E-state index is -0.372. The summed E-state index contributed by atoms with van der Waals surface area (Å²) < 4.78 is 18.1. The van der Waals surface area contributed by atoms with Crippen molar-refractivity contribution in [1.29, 1.82) is 5.41 Å². The average Bonchev–Trinajstić information content (AvgIpc) is 3.29. The second-order valence-electron chi connectivity index (χ2n) is 8.72. The van der Waals surface area contributed by atoms with Gasteiger partial charge in [-0.3, -0.25) is 10.4 Å². The van der Waals surface area contributed by atoms with E-state index in [1.807, 2.05) is 68.4 Å². The number of ether oxygens (including phenoxy) is 3. The second-order valence-corrected chi connectivity index (χ2v) is 8.72. The van der Waals surface area contributed by atoms with Gasteiger partial charge in [0.05, 0.1) is 13.2 Å². The Hall–Kier alpha value is -4.44. The molecule has 1 atom stereocenters. The SMILES string of the molecule is CCOc1cc(C(Cc2ccc(C(=N)N)cc2)c2nn(-c3ncccc3C)c(=O)[nH]2)ccc1OCCOC. The quantitative estimate of drug-likeness (QED) is 0.149. The molecule has 0 aliphatic carbocycles. The fraction of sp³-hybridized carbons (Fsp3) is 0.286. The molecule has 4 N–H and O–H groups in total. The zero-order valence-corrected chi connectivity index (χ0v) is 21.7. The van der Waals surface area contributed by atoms with Crippen LogP contribution in [0.25, 0.3) is 5.82 Å². The molecule has 0 saturated carbocycles. The lowest BCUT2D eigenvalue weighted by molar-refractivity contribution is 0.143. The van der Waals surface area contributed by atoms with Gasteiger partial charge in [-0.05, 0) is 55.2 Å². The Morgan fingerprint density at radius 2 is 1.89 bits per heavy atom. The molecule has 10 nitrogen and oxygen atoms in total. The van der Waals surface area contributed by atoms with E-state index >= 15 is 0 Å². The number of nitrogens with zero attached hydrogens (tertiary/aromatic N) is 3. The van der Waals surface area contributed by atoms with Gasteiger partial charge in [0.2, 0.25) is 0 Å². The van der Waals surface area contributed by atoms with Crippen molar-refractivity contribution in [3.8, 4) is 17.3 Å². The van der Waals surface area contributed by atoms with Gasteiger partial charge in [-0.2, -0.15) is 4.68 Å². The molecule has 10 heteroatoms. The number of pyridine rings is 1. The normalized spacial score (nSPS) is 11.8. The summed E-state index contributed by atoms with van der Waals surface area (Å²) in [5.74, 6) is 1.86. The molecule has 198 valence electrons. The highest BCUT2D eigenvalue weighted by Crippen LogP contribution is 2.34. The first-order valence-corrected chi connectivity index (χ1v) is 12.3. The van der Waals surface area contributed by atoms with Gasteiger partial charge in [-0.15, -0.1) is 5.10 Å². The summed E-state index contributed by atoms with van der Waals surface area (Å²) in [4.78, 5) is 20.3. The van der Waals surface area contributed by atoms with E-state index in [1.54, 1.807) is 13.3 Å². The topological polar surface area (TPSA) is 141 Å². The van der Waals surface area contributed by atoms with Crippen LogP contribution in [-0.4, -0.2) is 52.5 Å². The van der Waals surface area contributed by atoms with Crippen LogP contribution in [0.4, 0.5) is 0 Å². The average molecular weight is 517 g/mol. The lowest BCUT2D eigenvalue weighted by atomic mass is 9.90. The van der Waals surface area contributed by atoms with Gasteiger partial charge in [-0.1, -0.05) is 36.4 Å². The predicted molar refractivity (Wildman–Crippen MR) is 145 cm³/mol. The molecule has 0 fully saturated rings. The zero-order chi connectivity index (χ0) is 27.1. The maximum atomic E-state index is 13.0. The van der Waals surface area contributed by atoms with E-state index in [1.165, 1.54) is 4.68 Å². The largest absolute Gasteiger partial charge is 0.490 e. The van der Waals surface area contributed by atoms with Gasteiger partial charge in [0.1, 0.15) is 18.3 Å². The van der Waals surface area contributed by atoms with Crippen molar-refractivity contribution < 1.29 is 14.2 Å². The van der Waals surface area contributed by atoms with E-state index in [9.17, 15) is 4.79 Å². The molecule has 0 spiro atoms. The number of benzene rings is 2. The third-order valence-corrected chi connectivity index (χ3v) is 6.07. The van der Waals surface area contributed by atoms with Gasteiger partial charge >= 0.3 is 5.69 Å². The Morgan fingerprint density at radius 1 is 1.11 bits per heavy atom. The first kappa shape index (κ1) is 26.6. The van der Waals surface area contributed by atoms with Crippen LogP contribution < -0.4 is 20.9 Å². The maximum Gasteiger partial charge on any atom is 0.349 e. The van der Waals surface area contributed by atoms with E-state index in [2.05, 4.69) is 15.1 Å². The predicted octanol–water partition coefficient (Wildman–Crippen LogP) is 3.35. The van der Waals surface area contributed by atoms with E-state index in [0.29, 0.717) is 54.9 Å². The molecule has 4 rings (SSSR count). The van der Waals surface area contributed by atoms with Crippen LogP contribution in [0.5, 0.6) is 11.5 Å². The van der Waals surface area contributed by atoms with E-state index in [-0.39, 0.29) is 17.4 Å². The molecule has 0 saturated heterocycles. The van der Waals surface area contributed by atoms with Crippen LogP contribution in [0, 0.1) is 12.3 Å². The molecule has 38 heavy (non-hydrogen) atoms. The van der Waals surface area contributed by atoms with Gasteiger partial charge < -0.3 is 19.9 Å². The fourth-order valence-corrected chi connectivity index (χ4v) is 4.13. The van der Waals surface area contributed by atoms with Gasteiger partial charge in [0.25, 0.3) is 0 Å². The molecular formula is C28H32N6O4. The number of H-pyrrole nitrogens is 1. The summed E-state index contributed by atoms with van der Waals surface area (Å²) in [6, 6.07) is 16.9. The Labute approximate surface area is 220 Å². The number of nitrogens with one attached hydrogen (secondary N) is 2. The Kier molecular flexibility index (Phi) is 8.55. The molecule has 4 aromatic rings. The van der Waals surface area contributed by atoms with Crippen molar-refractivity contribution >= 4 is 5.84 Å². The molecular weight excluding hydrogens is 484 g/mol.